The standard InChI is InChI=1S/C21H19N3O/c25-20(21(9-10-21)17-6-2-1-3-7-17)24-12-8-18-16(14-24)13-15-5-4-11-22-19(15)23-18/h1-7,11,13H,8-10,12,14H2. The average Bonchev–Trinajstić information content (AvgIpc) is 3.48. The molecule has 0 spiro atoms. The van der Waals surface area contributed by atoms with E-state index in [1.807, 2.05) is 35.2 Å². The third-order valence-corrected chi connectivity index (χ3v) is 5.51. The van der Waals surface area contributed by atoms with E-state index in [0.717, 1.165) is 53.7 Å². The molecule has 124 valence electrons. The molecule has 2 aromatic heterocycles. The van der Waals surface area contributed by atoms with Crippen LogP contribution in [0.25, 0.3) is 11.0 Å². The number of benzene rings is 1. The minimum Gasteiger partial charge on any atom is -0.337 e. The van der Waals surface area contributed by atoms with Gasteiger partial charge in [0.15, 0.2) is 5.65 Å². The summed E-state index contributed by atoms with van der Waals surface area (Å²) >= 11 is 0. The highest BCUT2D eigenvalue weighted by Crippen LogP contribution is 2.50. The quantitative estimate of drug-likeness (QED) is 0.725. The van der Waals surface area contributed by atoms with Gasteiger partial charge in [-0.05, 0) is 42.2 Å². The molecular formula is C21H19N3O. The molecule has 0 saturated heterocycles. The van der Waals surface area contributed by atoms with Crippen molar-refractivity contribution in [3.8, 4) is 0 Å². The second-order valence-corrected chi connectivity index (χ2v) is 7.07. The fraction of sp³-hybridized carbons (Fsp3) is 0.286. The molecule has 25 heavy (non-hydrogen) atoms. The lowest BCUT2D eigenvalue weighted by Crippen LogP contribution is -2.42. The molecule has 1 aliphatic heterocycles. The number of pyridine rings is 2. The predicted molar refractivity (Wildman–Crippen MR) is 96.0 cm³/mol. The number of hydrogen-bond donors (Lipinski definition) is 0. The maximum absolute atomic E-state index is 13.2. The molecule has 0 radical (unpaired) electrons. The van der Waals surface area contributed by atoms with Crippen molar-refractivity contribution in [2.75, 3.05) is 6.54 Å². The highest BCUT2D eigenvalue weighted by atomic mass is 16.2. The first-order chi connectivity index (χ1) is 12.3. The van der Waals surface area contributed by atoms with E-state index in [4.69, 9.17) is 4.98 Å². The van der Waals surface area contributed by atoms with Crippen LogP contribution in [0.4, 0.5) is 0 Å². The lowest BCUT2D eigenvalue weighted by Gasteiger charge is -2.32. The van der Waals surface area contributed by atoms with Gasteiger partial charge < -0.3 is 4.90 Å². The highest BCUT2D eigenvalue weighted by molar-refractivity contribution is 5.91. The zero-order chi connectivity index (χ0) is 16.9. The number of aromatic nitrogens is 2. The van der Waals surface area contributed by atoms with Crippen molar-refractivity contribution in [2.45, 2.75) is 31.2 Å². The zero-order valence-corrected chi connectivity index (χ0v) is 14.0. The van der Waals surface area contributed by atoms with Gasteiger partial charge in [-0.2, -0.15) is 0 Å². The molecule has 2 aliphatic rings. The summed E-state index contributed by atoms with van der Waals surface area (Å²) in [5, 5.41) is 1.04. The van der Waals surface area contributed by atoms with Gasteiger partial charge in [-0.25, -0.2) is 9.97 Å². The van der Waals surface area contributed by atoms with Crippen LogP contribution in [0.15, 0.2) is 54.7 Å². The Kier molecular flexibility index (Phi) is 3.14. The van der Waals surface area contributed by atoms with Crippen LogP contribution >= 0.6 is 0 Å². The molecular weight excluding hydrogens is 310 g/mol. The summed E-state index contributed by atoms with van der Waals surface area (Å²) in [6, 6.07) is 16.3. The van der Waals surface area contributed by atoms with Crippen molar-refractivity contribution >= 4 is 16.9 Å². The lowest BCUT2D eigenvalue weighted by molar-refractivity contribution is -0.134. The van der Waals surface area contributed by atoms with Gasteiger partial charge in [0.2, 0.25) is 5.91 Å². The molecule has 1 saturated carbocycles. The van der Waals surface area contributed by atoms with Crippen LogP contribution in [0.1, 0.15) is 29.7 Å². The summed E-state index contributed by atoms with van der Waals surface area (Å²) in [4.78, 5) is 24.3. The monoisotopic (exact) mass is 329 g/mol. The predicted octanol–water partition coefficient (Wildman–Crippen LogP) is 3.25. The minimum atomic E-state index is -0.287. The Morgan fingerprint density at radius 3 is 2.72 bits per heavy atom. The fourth-order valence-corrected chi connectivity index (χ4v) is 3.95. The van der Waals surface area contributed by atoms with Crippen LogP contribution in [0.3, 0.4) is 0 Å². The van der Waals surface area contributed by atoms with Crippen LogP contribution in [0.2, 0.25) is 0 Å². The van der Waals surface area contributed by atoms with Crippen molar-refractivity contribution in [2.24, 2.45) is 0 Å². The Labute approximate surface area is 146 Å². The molecule has 1 amide bonds. The van der Waals surface area contributed by atoms with Crippen LogP contribution < -0.4 is 0 Å². The molecule has 3 heterocycles. The van der Waals surface area contributed by atoms with Crippen molar-refractivity contribution < 1.29 is 4.79 Å². The second kappa shape index (κ2) is 5.38. The van der Waals surface area contributed by atoms with E-state index < -0.39 is 0 Å². The van der Waals surface area contributed by atoms with Gasteiger partial charge in [0.25, 0.3) is 0 Å². The summed E-state index contributed by atoms with van der Waals surface area (Å²) in [5.74, 6) is 0.274. The molecule has 1 aromatic carbocycles. The van der Waals surface area contributed by atoms with E-state index in [1.54, 1.807) is 6.20 Å². The zero-order valence-electron chi connectivity index (χ0n) is 14.0. The SMILES string of the molecule is O=C(N1CCc2nc3ncccc3cc2C1)C1(c2ccccc2)CC1. The van der Waals surface area contributed by atoms with Gasteiger partial charge in [0.1, 0.15) is 0 Å². The summed E-state index contributed by atoms with van der Waals surface area (Å²) in [7, 11) is 0. The van der Waals surface area contributed by atoms with Crippen molar-refractivity contribution in [1.29, 1.82) is 0 Å². The van der Waals surface area contributed by atoms with Gasteiger partial charge in [0.05, 0.1) is 5.41 Å². The molecule has 0 N–H and O–H groups in total. The van der Waals surface area contributed by atoms with E-state index in [2.05, 4.69) is 23.2 Å². The summed E-state index contributed by atoms with van der Waals surface area (Å²) < 4.78 is 0. The normalized spacial score (nSPS) is 18.0. The van der Waals surface area contributed by atoms with Crippen molar-refractivity contribution in [3.05, 3.63) is 71.5 Å². The molecule has 1 fully saturated rings. The second-order valence-electron chi connectivity index (χ2n) is 7.07. The van der Waals surface area contributed by atoms with Crippen molar-refractivity contribution in [1.82, 2.24) is 14.9 Å². The number of amides is 1. The van der Waals surface area contributed by atoms with Gasteiger partial charge >= 0.3 is 0 Å². The number of carbonyl (C=O) groups excluding carboxylic acids is 1. The Morgan fingerprint density at radius 2 is 1.92 bits per heavy atom. The average molecular weight is 329 g/mol. The van der Waals surface area contributed by atoms with Gasteiger partial charge in [-0.1, -0.05) is 30.3 Å². The first-order valence-electron chi connectivity index (χ1n) is 8.85. The summed E-state index contributed by atoms with van der Waals surface area (Å²) in [5.41, 5.74) is 3.91. The topological polar surface area (TPSA) is 46.1 Å². The Balaban J connectivity index is 1.46. The van der Waals surface area contributed by atoms with E-state index in [-0.39, 0.29) is 11.3 Å². The van der Waals surface area contributed by atoms with E-state index in [0.29, 0.717) is 6.54 Å². The minimum absolute atomic E-state index is 0.274. The highest BCUT2D eigenvalue weighted by Gasteiger charge is 2.53. The fourth-order valence-electron chi connectivity index (χ4n) is 3.95. The van der Waals surface area contributed by atoms with Gasteiger partial charge in [0, 0.05) is 36.8 Å². The summed E-state index contributed by atoms with van der Waals surface area (Å²) in [6.45, 7) is 1.40. The van der Waals surface area contributed by atoms with Crippen LogP contribution in [-0.2, 0) is 23.2 Å². The van der Waals surface area contributed by atoms with Crippen LogP contribution in [-0.4, -0.2) is 27.3 Å². The number of carbonyl (C=O) groups is 1. The first kappa shape index (κ1) is 14.6. The van der Waals surface area contributed by atoms with E-state index >= 15 is 0 Å². The first-order valence-corrected chi connectivity index (χ1v) is 8.85. The number of hydrogen-bond acceptors (Lipinski definition) is 3. The molecule has 1 aliphatic carbocycles. The lowest BCUT2D eigenvalue weighted by atomic mass is 9.93. The maximum Gasteiger partial charge on any atom is 0.233 e. The molecule has 4 nitrogen and oxygen atoms in total. The largest absolute Gasteiger partial charge is 0.337 e. The Bertz CT molecular complexity index is 963. The van der Waals surface area contributed by atoms with Gasteiger partial charge in [-0.3, -0.25) is 4.79 Å². The van der Waals surface area contributed by atoms with E-state index in [1.165, 1.54) is 0 Å². The summed E-state index contributed by atoms with van der Waals surface area (Å²) in [6.07, 6.45) is 4.49. The maximum atomic E-state index is 13.2. The smallest absolute Gasteiger partial charge is 0.233 e. The molecule has 3 aromatic rings. The third kappa shape index (κ3) is 2.32. The number of nitrogens with zero attached hydrogens (tertiary/aromatic N) is 3. The van der Waals surface area contributed by atoms with Gasteiger partial charge in [-0.15, -0.1) is 0 Å². The molecule has 0 bridgehead atoms. The Hall–Kier alpha value is -2.75. The van der Waals surface area contributed by atoms with Crippen LogP contribution in [0.5, 0.6) is 0 Å². The van der Waals surface area contributed by atoms with E-state index in [9.17, 15) is 4.79 Å². The third-order valence-electron chi connectivity index (χ3n) is 5.51. The van der Waals surface area contributed by atoms with Crippen LogP contribution in [0, 0.1) is 0 Å². The molecule has 0 atom stereocenters. The molecule has 5 rings (SSSR count). The Morgan fingerprint density at radius 1 is 1.08 bits per heavy atom. The number of fused-ring (bicyclic) bond motifs is 2. The number of rotatable bonds is 2. The van der Waals surface area contributed by atoms with Crippen molar-refractivity contribution in [3.63, 3.8) is 0 Å². The molecule has 0 unspecified atom stereocenters. The molecule has 4 heteroatoms.